The molecular formula is C31H28F3N2NaO5. The summed E-state index contributed by atoms with van der Waals surface area (Å²) in [5.41, 5.74) is 6.09. The summed E-state index contributed by atoms with van der Waals surface area (Å²) in [5.74, 6) is -0.220. The molecule has 0 unspecified atom stereocenters. The van der Waals surface area contributed by atoms with Crippen LogP contribution in [-0.2, 0) is 22.4 Å². The van der Waals surface area contributed by atoms with Gasteiger partial charge >= 0.3 is 35.9 Å². The van der Waals surface area contributed by atoms with E-state index in [0.29, 0.717) is 30.1 Å². The first kappa shape index (κ1) is 30.4. The fraction of sp³-hybridized carbons (Fsp3) is 0.355. The molecule has 0 saturated carbocycles. The van der Waals surface area contributed by atoms with Crippen LogP contribution in [0.5, 0.6) is 11.5 Å². The Balaban J connectivity index is 0.00000353. The van der Waals surface area contributed by atoms with Crippen molar-refractivity contribution in [3.63, 3.8) is 0 Å². The van der Waals surface area contributed by atoms with Crippen LogP contribution in [0.4, 0.5) is 13.2 Å². The zero-order valence-electron chi connectivity index (χ0n) is 23.4. The molecular weight excluding hydrogens is 560 g/mol. The fourth-order valence-electron chi connectivity index (χ4n) is 5.84. The van der Waals surface area contributed by atoms with Crippen LogP contribution in [0.3, 0.4) is 0 Å². The molecule has 0 amide bonds. The zero-order chi connectivity index (χ0) is 28.7. The number of carboxylic acids is 1. The maximum absolute atomic E-state index is 12.9. The molecule has 3 aromatic carbocycles. The number of fused-ring (bicyclic) bond motifs is 2. The first-order chi connectivity index (χ1) is 19.7. The second-order valence-corrected chi connectivity index (χ2v) is 10.5. The number of halogens is 3. The number of aromatic nitrogens is 2. The Morgan fingerprint density at radius 2 is 1.98 bits per heavy atom. The Bertz CT molecular complexity index is 1610. The fourth-order valence-corrected chi connectivity index (χ4v) is 5.84. The molecule has 1 saturated heterocycles. The number of aryl methyl sites for hydroxylation is 2. The third-order valence-corrected chi connectivity index (χ3v) is 7.82. The Kier molecular flexibility index (Phi) is 8.89. The average Bonchev–Trinajstić information content (AvgIpc) is 3.66. The molecule has 0 spiro atoms. The third-order valence-electron chi connectivity index (χ3n) is 7.82. The molecule has 42 heavy (non-hydrogen) atoms. The average molecular weight is 589 g/mol. The number of imidazole rings is 1. The number of benzene rings is 3. The number of carbonyl (C=O) groups excluding carboxylic acids is 1. The van der Waals surface area contributed by atoms with Gasteiger partial charge in [-0.25, -0.2) is 4.98 Å². The number of ether oxygens (including phenoxy) is 3. The van der Waals surface area contributed by atoms with Gasteiger partial charge in [0.25, 0.3) is 0 Å². The van der Waals surface area contributed by atoms with Gasteiger partial charge in [-0.2, -0.15) is 0 Å². The van der Waals surface area contributed by atoms with Crippen molar-refractivity contribution in [1.29, 1.82) is 0 Å². The Hall–Kier alpha value is -3.05. The molecule has 6 rings (SSSR count). The number of alkyl halides is 3. The summed E-state index contributed by atoms with van der Waals surface area (Å²) < 4.78 is 56.4. The van der Waals surface area contributed by atoms with Crippen LogP contribution in [0.1, 0.15) is 59.4 Å². The molecule has 0 bridgehead atoms. The van der Waals surface area contributed by atoms with Crippen molar-refractivity contribution in [2.24, 2.45) is 0 Å². The molecule has 2 aliphatic rings. The first-order valence-corrected chi connectivity index (χ1v) is 13.6. The van der Waals surface area contributed by atoms with E-state index in [2.05, 4.69) is 10.8 Å². The van der Waals surface area contributed by atoms with Crippen molar-refractivity contribution in [3.05, 3.63) is 82.7 Å². The van der Waals surface area contributed by atoms with Crippen LogP contribution in [0.15, 0.2) is 54.6 Å². The van der Waals surface area contributed by atoms with Gasteiger partial charge in [-0.1, -0.05) is 24.3 Å². The normalized spacial score (nSPS) is 18.0. The van der Waals surface area contributed by atoms with Crippen LogP contribution in [-0.4, -0.2) is 35.1 Å². The maximum atomic E-state index is 12.9. The Morgan fingerprint density at radius 3 is 2.71 bits per heavy atom. The molecule has 0 aliphatic carbocycles. The van der Waals surface area contributed by atoms with Crippen LogP contribution in [0, 0.1) is 6.92 Å². The number of hydrogen-bond donors (Lipinski definition) is 0. The van der Waals surface area contributed by atoms with Gasteiger partial charge in [-0.3, -0.25) is 4.57 Å². The summed E-state index contributed by atoms with van der Waals surface area (Å²) in [4.78, 5) is 15.8. The van der Waals surface area contributed by atoms with E-state index in [-0.39, 0.29) is 53.7 Å². The summed E-state index contributed by atoms with van der Waals surface area (Å²) in [7, 11) is 0. The smallest absolute Gasteiger partial charge is 0.550 e. The molecule has 1 fully saturated rings. The molecule has 4 aromatic rings. The number of nitrogens with zero attached hydrogens (tertiary/aromatic N) is 2. The van der Waals surface area contributed by atoms with Gasteiger partial charge in [-0.05, 0) is 80.0 Å². The zero-order valence-corrected chi connectivity index (χ0v) is 25.4. The van der Waals surface area contributed by atoms with Crippen molar-refractivity contribution in [2.75, 3.05) is 13.2 Å². The van der Waals surface area contributed by atoms with Crippen molar-refractivity contribution in [2.45, 2.75) is 57.4 Å². The van der Waals surface area contributed by atoms with Crippen molar-refractivity contribution >= 4 is 17.0 Å². The quantitative estimate of drug-likeness (QED) is 0.294. The summed E-state index contributed by atoms with van der Waals surface area (Å²) in [5, 5.41) is 11.0. The monoisotopic (exact) mass is 588 g/mol. The second kappa shape index (κ2) is 12.3. The number of hydrogen-bond acceptors (Lipinski definition) is 6. The van der Waals surface area contributed by atoms with E-state index in [1.54, 1.807) is 6.07 Å². The molecule has 1 aromatic heterocycles. The topological polar surface area (TPSA) is 85.6 Å². The second-order valence-electron chi connectivity index (χ2n) is 10.5. The summed E-state index contributed by atoms with van der Waals surface area (Å²) >= 11 is 0. The van der Waals surface area contributed by atoms with E-state index in [1.165, 1.54) is 12.1 Å². The van der Waals surface area contributed by atoms with E-state index in [9.17, 15) is 23.1 Å². The van der Waals surface area contributed by atoms with E-state index < -0.39 is 12.3 Å². The number of carbonyl (C=O) groups is 1. The standard InChI is InChI=1S/C31H29F3N2O5.Na/c1-18-20(9-7-19-8-11-23-21(15-29(37)38)17-40-28(23)14-19)4-2-5-25(18)36-26-12-10-22(41-31(32,33)34)16-24(26)35-30(36)27-6-3-13-39-27;/h2,4-5,8,10-12,14,16,21,27H,3,6-7,9,13,15,17H2,1H3,(H,37,38);/q;+1/p-1/t21-,27-;/m1./s1. The molecule has 3 heterocycles. The van der Waals surface area contributed by atoms with Crippen molar-refractivity contribution in [3.8, 4) is 17.2 Å². The SMILES string of the molecule is Cc1c(CCc2ccc3c(c2)OC[C@H]3CC(=O)[O-])cccc1-n1c([C@H]2CCCO2)nc2cc(OC(F)(F)F)ccc21.[Na+]. The van der Waals surface area contributed by atoms with Crippen molar-refractivity contribution in [1.82, 2.24) is 9.55 Å². The molecule has 7 nitrogen and oxygen atoms in total. The number of aliphatic carboxylic acids is 1. The minimum absolute atomic E-state index is 0. The van der Waals surface area contributed by atoms with Gasteiger partial charge in [0.15, 0.2) is 0 Å². The summed E-state index contributed by atoms with van der Waals surface area (Å²) in [6.07, 6.45) is -1.97. The van der Waals surface area contributed by atoms with Gasteiger partial charge < -0.3 is 24.1 Å². The maximum Gasteiger partial charge on any atom is 1.00 e. The van der Waals surface area contributed by atoms with E-state index in [4.69, 9.17) is 14.5 Å². The predicted molar refractivity (Wildman–Crippen MR) is 142 cm³/mol. The van der Waals surface area contributed by atoms with E-state index >= 15 is 0 Å². The third kappa shape index (κ3) is 6.32. The van der Waals surface area contributed by atoms with Gasteiger partial charge in [-0.15, -0.1) is 13.2 Å². The molecule has 0 radical (unpaired) electrons. The van der Waals surface area contributed by atoms with E-state index in [0.717, 1.165) is 59.4 Å². The Labute approximate surface area is 262 Å². The number of rotatable bonds is 8. The van der Waals surface area contributed by atoms with Gasteiger partial charge in [0.2, 0.25) is 0 Å². The summed E-state index contributed by atoms with van der Waals surface area (Å²) in [6.45, 7) is 2.98. The van der Waals surface area contributed by atoms with Gasteiger partial charge in [0.05, 0.1) is 23.3 Å². The first-order valence-electron chi connectivity index (χ1n) is 13.6. The minimum atomic E-state index is -4.79. The number of carboxylic acid groups (broad SMARTS) is 1. The van der Waals surface area contributed by atoms with Crippen LogP contribution in [0.25, 0.3) is 16.7 Å². The molecule has 2 atom stereocenters. The minimum Gasteiger partial charge on any atom is -0.550 e. The van der Waals surface area contributed by atoms with E-state index in [1.807, 2.05) is 41.8 Å². The largest absolute Gasteiger partial charge is 1.00 e. The molecule has 0 N–H and O–H groups in total. The van der Waals surface area contributed by atoms with Crippen molar-refractivity contribution < 1.29 is 66.8 Å². The van der Waals surface area contributed by atoms with Crippen LogP contribution < -0.4 is 44.1 Å². The van der Waals surface area contributed by atoms with Gasteiger partial charge in [0, 0.05) is 30.1 Å². The molecule has 2 aliphatic heterocycles. The Morgan fingerprint density at radius 1 is 1.14 bits per heavy atom. The van der Waals surface area contributed by atoms with Crippen LogP contribution >= 0.6 is 0 Å². The van der Waals surface area contributed by atoms with Crippen LogP contribution in [0.2, 0.25) is 0 Å². The van der Waals surface area contributed by atoms with Gasteiger partial charge in [0.1, 0.15) is 23.4 Å². The molecule has 214 valence electrons. The summed E-state index contributed by atoms with van der Waals surface area (Å²) in [6, 6.07) is 16.2. The predicted octanol–water partition coefficient (Wildman–Crippen LogP) is 2.49. The molecule has 11 heteroatoms.